The van der Waals surface area contributed by atoms with Gasteiger partial charge in [0.15, 0.2) is 0 Å². The van der Waals surface area contributed by atoms with Gasteiger partial charge in [0.2, 0.25) is 0 Å². The highest BCUT2D eigenvalue weighted by atomic mass is 14.8. The lowest BCUT2D eigenvalue weighted by atomic mass is 10.1. The van der Waals surface area contributed by atoms with Gasteiger partial charge < -0.3 is 0 Å². The van der Waals surface area contributed by atoms with Crippen LogP contribution in [0.4, 0.5) is 0 Å². The number of hydrogen-bond acceptors (Lipinski definition) is 1. The third kappa shape index (κ3) is 7.52. The molecule has 0 fully saturated rings. The zero-order valence-electron chi connectivity index (χ0n) is 8.96. The smallest absolute Gasteiger partial charge is 0.0524 e. The Morgan fingerprint density at radius 1 is 1.33 bits per heavy atom. The van der Waals surface area contributed by atoms with Gasteiger partial charge in [0.25, 0.3) is 0 Å². The van der Waals surface area contributed by atoms with Crippen LogP contribution in [-0.2, 0) is 0 Å². The molecule has 1 unspecified atom stereocenters. The first kappa shape index (κ1) is 11.4. The molecule has 0 spiro atoms. The lowest BCUT2D eigenvalue weighted by molar-refractivity contribution is 0.587. The van der Waals surface area contributed by atoms with Crippen LogP contribution >= 0.6 is 0 Å². The summed E-state index contributed by atoms with van der Waals surface area (Å²) in [4.78, 5) is 4.35. The van der Waals surface area contributed by atoms with Crippen molar-refractivity contribution >= 4 is 6.21 Å². The second-order valence-corrected chi connectivity index (χ2v) is 4.22. The van der Waals surface area contributed by atoms with Crippen LogP contribution in [0, 0.1) is 5.92 Å². The Balaban J connectivity index is 3.82. The fourth-order valence-electron chi connectivity index (χ4n) is 0.642. The molecular formula is C11H21N. The Kier molecular flexibility index (Phi) is 4.87. The Morgan fingerprint density at radius 2 is 1.92 bits per heavy atom. The number of hydrogen-bond donors (Lipinski definition) is 0. The van der Waals surface area contributed by atoms with Crippen molar-refractivity contribution in [2.45, 2.75) is 46.6 Å². The Bertz CT molecular complexity index is 160. The van der Waals surface area contributed by atoms with Crippen molar-refractivity contribution in [3.8, 4) is 0 Å². The van der Waals surface area contributed by atoms with E-state index in [-0.39, 0.29) is 5.54 Å². The SMILES string of the molecule is CCC(C)/C=C\C=N/C(C)(C)C. The van der Waals surface area contributed by atoms with E-state index in [9.17, 15) is 0 Å². The molecule has 0 heterocycles. The molecule has 1 nitrogen and oxygen atoms in total. The van der Waals surface area contributed by atoms with Gasteiger partial charge in [-0.05, 0) is 32.8 Å². The van der Waals surface area contributed by atoms with Gasteiger partial charge in [0.05, 0.1) is 5.54 Å². The third-order valence-electron chi connectivity index (χ3n) is 1.63. The van der Waals surface area contributed by atoms with Crippen LogP contribution in [0.25, 0.3) is 0 Å². The maximum absolute atomic E-state index is 4.35. The first-order valence-electron chi connectivity index (χ1n) is 4.67. The average molecular weight is 167 g/mol. The lowest BCUT2D eigenvalue weighted by Gasteiger charge is -2.09. The van der Waals surface area contributed by atoms with Gasteiger partial charge in [-0.3, -0.25) is 4.99 Å². The molecule has 12 heavy (non-hydrogen) atoms. The van der Waals surface area contributed by atoms with Gasteiger partial charge in [-0.2, -0.15) is 0 Å². The van der Waals surface area contributed by atoms with Crippen molar-refractivity contribution in [1.82, 2.24) is 0 Å². The van der Waals surface area contributed by atoms with E-state index in [0.29, 0.717) is 5.92 Å². The highest BCUT2D eigenvalue weighted by Gasteiger charge is 2.03. The van der Waals surface area contributed by atoms with Crippen molar-refractivity contribution in [2.75, 3.05) is 0 Å². The van der Waals surface area contributed by atoms with Crippen LogP contribution in [0.15, 0.2) is 17.1 Å². The number of nitrogens with zero attached hydrogens (tertiary/aromatic N) is 1. The molecule has 0 saturated heterocycles. The van der Waals surface area contributed by atoms with Crippen LogP contribution < -0.4 is 0 Å². The van der Waals surface area contributed by atoms with Crippen molar-refractivity contribution in [3.63, 3.8) is 0 Å². The van der Waals surface area contributed by atoms with Crippen LogP contribution in [-0.4, -0.2) is 11.8 Å². The van der Waals surface area contributed by atoms with E-state index in [1.54, 1.807) is 0 Å². The molecule has 0 aliphatic carbocycles. The molecule has 0 aliphatic heterocycles. The second-order valence-electron chi connectivity index (χ2n) is 4.22. The molecule has 0 amide bonds. The van der Waals surface area contributed by atoms with E-state index in [2.05, 4.69) is 45.7 Å². The molecule has 0 rings (SSSR count). The molecular weight excluding hydrogens is 146 g/mol. The number of aliphatic imine (C=N–C) groups is 1. The van der Waals surface area contributed by atoms with Crippen molar-refractivity contribution in [1.29, 1.82) is 0 Å². The Labute approximate surface area is 76.6 Å². The van der Waals surface area contributed by atoms with Crippen LogP contribution in [0.2, 0.25) is 0 Å². The Morgan fingerprint density at radius 3 is 2.33 bits per heavy atom. The minimum absolute atomic E-state index is 0.0553. The van der Waals surface area contributed by atoms with E-state index in [1.165, 1.54) is 6.42 Å². The fourth-order valence-corrected chi connectivity index (χ4v) is 0.642. The molecule has 0 saturated carbocycles. The number of allylic oxidation sites excluding steroid dienone is 2. The van der Waals surface area contributed by atoms with Gasteiger partial charge in [-0.15, -0.1) is 0 Å². The molecule has 0 radical (unpaired) electrons. The molecule has 1 heteroatoms. The van der Waals surface area contributed by atoms with Gasteiger partial charge in [-0.25, -0.2) is 0 Å². The molecule has 0 N–H and O–H groups in total. The van der Waals surface area contributed by atoms with E-state index in [1.807, 2.05) is 12.3 Å². The zero-order chi connectivity index (χ0) is 9.61. The summed E-state index contributed by atoms with van der Waals surface area (Å²) in [6.45, 7) is 10.7. The molecule has 1 atom stereocenters. The largest absolute Gasteiger partial charge is 0.287 e. The zero-order valence-corrected chi connectivity index (χ0v) is 8.96. The van der Waals surface area contributed by atoms with E-state index in [4.69, 9.17) is 0 Å². The summed E-state index contributed by atoms with van der Waals surface area (Å²) in [5.41, 5.74) is 0.0553. The predicted molar refractivity (Wildman–Crippen MR) is 56.8 cm³/mol. The second kappa shape index (κ2) is 5.13. The molecule has 0 aromatic rings. The highest BCUT2D eigenvalue weighted by molar-refractivity contribution is 5.71. The predicted octanol–water partition coefficient (Wildman–Crippen LogP) is 3.46. The molecule has 0 bridgehead atoms. The maximum Gasteiger partial charge on any atom is 0.0524 e. The Hall–Kier alpha value is -0.590. The quantitative estimate of drug-likeness (QED) is 0.571. The van der Waals surface area contributed by atoms with Gasteiger partial charge in [-0.1, -0.05) is 26.3 Å². The summed E-state index contributed by atoms with van der Waals surface area (Å²) in [6.07, 6.45) is 7.32. The highest BCUT2D eigenvalue weighted by Crippen LogP contribution is 2.05. The van der Waals surface area contributed by atoms with E-state index >= 15 is 0 Å². The van der Waals surface area contributed by atoms with Gasteiger partial charge >= 0.3 is 0 Å². The summed E-state index contributed by atoms with van der Waals surface area (Å²) >= 11 is 0. The topological polar surface area (TPSA) is 12.4 Å². The number of rotatable bonds is 3. The molecule has 0 aliphatic rings. The monoisotopic (exact) mass is 167 g/mol. The van der Waals surface area contributed by atoms with Crippen molar-refractivity contribution < 1.29 is 0 Å². The maximum atomic E-state index is 4.35. The standard InChI is InChI=1S/C11H21N/c1-6-10(2)8-7-9-12-11(3,4)5/h7-10H,6H2,1-5H3/b8-7-,12-9-. The summed E-state index contributed by atoms with van der Waals surface area (Å²) in [5, 5.41) is 0. The first-order chi connectivity index (χ1) is 5.45. The third-order valence-corrected chi connectivity index (χ3v) is 1.63. The van der Waals surface area contributed by atoms with E-state index < -0.39 is 0 Å². The lowest BCUT2D eigenvalue weighted by Crippen LogP contribution is -2.08. The van der Waals surface area contributed by atoms with Gasteiger partial charge in [0.1, 0.15) is 0 Å². The van der Waals surface area contributed by atoms with Gasteiger partial charge in [0, 0.05) is 6.21 Å². The summed E-state index contributed by atoms with van der Waals surface area (Å²) in [6, 6.07) is 0. The minimum Gasteiger partial charge on any atom is -0.287 e. The van der Waals surface area contributed by atoms with Crippen molar-refractivity contribution in [3.05, 3.63) is 12.2 Å². The molecule has 70 valence electrons. The average Bonchev–Trinajstić information content (AvgIpc) is 1.96. The van der Waals surface area contributed by atoms with Crippen LogP contribution in [0.3, 0.4) is 0 Å². The molecule has 0 aromatic heterocycles. The van der Waals surface area contributed by atoms with Crippen LogP contribution in [0.1, 0.15) is 41.0 Å². The first-order valence-corrected chi connectivity index (χ1v) is 4.67. The normalized spacial score (nSPS) is 16.1. The van der Waals surface area contributed by atoms with Crippen LogP contribution in [0.5, 0.6) is 0 Å². The van der Waals surface area contributed by atoms with E-state index in [0.717, 1.165) is 0 Å². The summed E-state index contributed by atoms with van der Waals surface area (Å²) in [7, 11) is 0. The fraction of sp³-hybridized carbons (Fsp3) is 0.727. The van der Waals surface area contributed by atoms with Crippen molar-refractivity contribution in [2.24, 2.45) is 10.9 Å². The minimum atomic E-state index is 0.0553. The summed E-state index contributed by atoms with van der Waals surface area (Å²) < 4.78 is 0. The molecule has 0 aromatic carbocycles. The summed E-state index contributed by atoms with van der Waals surface area (Å²) in [5.74, 6) is 0.663.